The van der Waals surface area contributed by atoms with Crippen LogP contribution in [0.2, 0.25) is 0 Å². The number of hydrogen-bond acceptors (Lipinski definition) is 3. The molecule has 1 aromatic carbocycles. The summed E-state index contributed by atoms with van der Waals surface area (Å²) in [5.74, 6) is 1.50. The zero-order valence-corrected chi connectivity index (χ0v) is 12.1. The molecule has 0 saturated heterocycles. The van der Waals surface area contributed by atoms with Gasteiger partial charge in [0.05, 0.1) is 7.11 Å². The van der Waals surface area contributed by atoms with Crippen molar-refractivity contribution >= 4 is 0 Å². The summed E-state index contributed by atoms with van der Waals surface area (Å²) in [6.07, 6.45) is 1.06. The van der Waals surface area contributed by atoms with Crippen molar-refractivity contribution in [1.29, 1.82) is 0 Å². The van der Waals surface area contributed by atoms with Crippen LogP contribution in [0, 0.1) is 5.92 Å². The first-order valence-electron chi connectivity index (χ1n) is 6.65. The second-order valence-corrected chi connectivity index (χ2v) is 5.04. The highest BCUT2D eigenvalue weighted by Crippen LogP contribution is 2.21. The van der Waals surface area contributed by atoms with Gasteiger partial charge in [-0.2, -0.15) is 0 Å². The topological polar surface area (TPSA) is 38.5 Å². The zero-order valence-electron chi connectivity index (χ0n) is 12.1. The second-order valence-electron chi connectivity index (χ2n) is 5.04. The van der Waals surface area contributed by atoms with Gasteiger partial charge in [0.2, 0.25) is 0 Å². The summed E-state index contributed by atoms with van der Waals surface area (Å²) in [7, 11) is 3.86. The second kappa shape index (κ2) is 7.39. The van der Waals surface area contributed by atoms with Crippen molar-refractivity contribution in [2.75, 3.05) is 27.2 Å². The van der Waals surface area contributed by atoms with E-state index in [0.717, 1.165) is 31.8 Å². The fourth-order valence-corrected chi connectivity index (χ4v) is 2.14. The van der Waals surface area contributed by atoms with Crippen LogP contribution in [0.15, 0.2) is 18.2 Å². The Morgan fingerprint density at radius 2 is 2.11 bits per heavy atom. The number of hydrogen-bond donors (Lipinski definition) is 1. The van der Waals surface area contributed by atoms with Crippen molar-refractivity contribution in [3.63, 3.8) is 0 Å². The van der Waals surface area contributed by atoms with Gasteiger partial charge in [0.25, 0.3) is 0 Å². The lowest BCUT2D eigenvalue weighted by molar-refractivity contribution is 0.277. The normalized spacial score (nSPS) is 12.8. The minimum absolute atomic E-state index is 0.523. The van der Waals surface area contributed by atoms with E-state index in [1.165, 1.54) is 11.1 Å². The van der Waals surface area contributed by atoms with Crippen LogP contribution < -0.4 is 10.5 Å². The summed E-state index contributed by atoms with van der Waals surface area (Å²) in [5, 5.41) is 0. The summed E-state index contributed by atoms with van der Waals surface area (Å²) in [6, 6.07) is 6.43. The maximum atomic E-state index is 5.66. The molecule has 0 radical (unpaired) electrons. The standard InChI is InChI=1S/C15H26N2O/c1-5-13-6-7-15(18-4)14(8-13)11-17(3)10-12(2)9-16/h6-8,12H,5,9-11,16H2,1-4H3. The van der Waals surface area contributed by atoms with E-state index in [2.05, 4.69) is 44.0 Å². The van der Waals surface area contributed by atoms with Gasteiger partial charge in [-0.3, -0.25) is 0 Å². The predicted molar refractivity (Wildman–Crippen MR) is 76.9 cm³/mol. The van der Waals surface area contributed by atoms with Crippen LogP contribution in [-0.2, 0) is 13.0 Å². The number of nitrogens with zero attached hydrogens (tertiary/aromatic N) is 1. The Morgan fingerprint density at radius 3 is 2.67 bits per heavy atom. The van der Waals surface area contributed by atoms with Crippen LogP contribution in [0.5, 0.6) is 5.75 Å². The summed E-state index contributed by atoms with van der Waals surface area (Å²) in [4.78, 5) is 2.30. The Balaban J connectivity index is 2.75. The summed E-state index contributed by atoms with van der Waals surface area (Å²) in [6.45, 7) is 7.00. The third-order valence-corrected chi connectivity index (χ3v) is 3.22. The molecule has 0 fully saturated rings. The van der Waals surface area contributed by atoms with Crippen LogP contribution in [0.4, 0.5) is 0 Å². The molecule has 2 N–H and O–H groups in total. The average Bonchev–Trinajstić information content (AvgIpc) is 2.38. The molecule has 0 aromatic heterocycles. The largest absolute Gasteiger partial charge is 0.496 e. The molecule has 1 rings (SSSR count). The molecule has 1 aromatic rings. The number of ether oxygens (including phenoxy) is 1. The third-order valence-electron chi connectivity index (χ3n) is 3.22. The minimum atomic E-state index is 0.523. The lowest BCUT2D eigenvalue weighted by Crippen LogP contribution is -2.28. The monoisotopic (exact) mass is 250 g/mol. The first-order valence-corrected chi connectivity index (χ1v) is 6.65. The minimum Gasteiger partial charge on any atom is -0.496 e. The maximum absolute atomic E-state index is 5.66. The van der Waals surface area contributed by atoms with Crippen molar-refractivity contribution in [2.45, 2.75) is 26.8 Å². The molecule has 18 heavy (non-hydrogen) atoms. The molecule has 1 atom stereocenters. The van der Waals surface area contributed by atoms with Crippen LogP contribution in [0.1, 0.15) is 25.0 Å². The molecule has 0 bridgehead atoms. The molecule has 1 unspecified atom stereocenters. The first-order chi connectivity index (χ1) is 8.60. The van der Waals surface area contributed by atoms with E-state index in [-0.39, 0.29) is 0 Å². The molecule has 3 nitrogen and oxygen atoms in total. The maximum Gasteiger partial charge on any atom is 0.123 e. The Labute approximate surface area is 111 Å². The van der Waals surface area contributed by atoms with Crippen LogP contribution in [0.3, 0.4) is 0 Å². The lowest BCUT2D eigenvalue weighted by Gasteiger charge is -2.21. The van der Waals surface area contributed by atoms with E-state index in [4.69, 9.17) is 10.5 Å². The fraction of sp³-hybridized carbons (Fsp3) is 0.600. The van der Waals surface area contributed by atoms with E-state index in [1.54, 1.807) is 7.11 Å². The van der Waals surface area contributed by atoms with Crippen molar-refractivity contribution < 1.29 is 4.74 Å². The average molecular weight is 250 g/mol. The quantitative estimate of drug-likeness (QED) is 0.807. The molecule has 3 heteroatoms. The highest BCUT2D eigenvalue weighted by molar-refractivity contribution is 5.37. The highest BCUT2D eigenvalue weighted by atomic mass is 16.5. The van der Waals surface area contributed by atoms with E-state index in [0.29, 0.717) is 5.92 Å². The summed E-state index contributed by atoms with van der Waals surface area (Å²) >= 11 is 0. The molecular weight excluding hydrogens is 224 g/mol. The number of benzene rings is 1. The first kappa shape index (κ1) is 15.0. The number of rotatable bonds is 7. The Morgan fingerprint density at radius 1 is 1.39 bits per heavy atom. The van der Waals surface area contributed by atoms with Gasteiger partial charge >= 0.3 is 0 Å². The van der Waals surface area contributed by atoms with Gasteiger partial charge in [0.1, 0.15) is 5.75 Å². The van der Waals surface area contributed by atoms with Crippen molar-refractivity contribution in [3.8, 4) is 5.75 Å². The van der Waals surface area contributed by atoms with E-state index in [1.807, 2.05) is 0 Å². The third kappa shape index (κ3) is 4.31. The Bertz CT molecular complexity index is 366. The lowest BCUT2D eigenvalue weighted by atomic mass is 10.1. The number of aryl methyl sites for hydroxylation is 1. The summed E-state index contributed by atoms with van der Waals surface area (Å²) in [5.41, 5.74) is 8.27. The van der Waals surface area contributed by atoms with E-state index >= 15 is 0 Å². The van der Waals surface area contributed by atoms with Crippen molar-refractivity contribution in [2.24, 2.45) is 11.7 Å². The molecule has 0 aliphatic rings. The number of nitrogens with two attached hydrogens (primary N) is 1. The molecule has 0 aliphatic carbocycles. The van der Waals surface area contributed by atoms with Crippen LogP contribution >= 0.6 is 0 Å². The molecule has 0 amide bonds. The molecule has 0 heterocycles. The SMILES string of the molecule is CCc1ccc(OC)c(CN(C)CC(C)CN)c1. The van der Waals surface area contributed by atoms with Gasteiger partial charge in [-0.05, 0) is 37.6 Å². The predicted octanol–water partition coefficient (Wildman–Crippen LogP) is 2.28. The van der Waals surface area contributed by atoms with Crippen LogP contribution in [-0.4, -0.2) is 32.1 Å². The van der Waals surface area contributed by atoms with Gasteiger partial charge < -0.3 is 15.4 Å². The molecular formula is C15H26N2O. The van der Waals surface area contributed by atoms with E-state index in [9.17, 15) is 0 Å². The van der Waals surface area contributed by atoms with Gasteiger partial charge in [0.15, 0.2) is 0 Å². The Hall–Kier alpha value is -1.06. The van der Waals surface area contributed by atoms with Crippen molar-refractivity contribution in [1.82, 2.24) is 4.90 Å². The number of methoxy groups -OCH3 is 1. The molecule has 102 valence electrons. The van der Waals surface area contributed by atoms with Crippen molar-refractivity contribution in [3.05, 3.63) is 29.3 Å². The van der Waals surface area contributed by atoms with Gasteiger partial charge in [-0.15, -0.1) is 0 Å². The zero-order chi connectivity index (χ0) is 13.5. The molecule has 0 spiro atoms. The molecule has 0 saturated carbocycles. The van der Waals surface area contributed by atoms with Crippen LogP contribution in [0.25, 0.3) is 0 Å². The smallest absolute Gasteiger partial charge is 0.123 e. The fourth-order valence-electron chi connectivity index (χ4n) is 2.14. The Kier molecular flexibility index (Phi) is 6.16. The van der Waals surface area contributed by atoms with Gasteiger partial charge in [0, 0.05) is 18.7 Å². The summed E-state index contributed by atoms with van der Waals surface area (Å²) < 4.78 is 5.43. The van der Waals surface area contributed by atoms with Gasteiger partial charge in [-0.25, -0.2) is 0 Å². The highest BCUT2D eigenvalue weighted by Gasteiger charge is 2.09. The van der Waals surface area contributed by atoms with E-state index < -0.39 is 0 Å². The molecule has 0 aliphatic heterocycles. The van der Waals surface area contributed by atoms with Gasteiger partial charge in [-0.1, -0.05) is 26.0 Å².